The zero-order valence-corrected chi connectivity index (χ0v) is 17.6. The van der Waals surface area contributed by atoms with E-state index in [1.807, 2.05) is 13.8 Å². The molecule has 0 bridgehead atoms. The summed E-state index contributed by atoms with van der Waals surface area (Å²) in [6.07, 6.45) is 1.40. The summed E-state index contributed by atoms with van der Waals surface area (Å²) in [4.78, 5) is 12.5. The van der Waals surface area contributed by atoms with Gasteiger partial charge in [0, 0.05) is 17.9 Å². The molecule has 3 rings (SSSR count). The summed E-state index contributed by atoms with van der Waals surface area (Å²) in [5, 5.41) is 2.49. The number of rotatable bonds is 4. The Morgan fingerprint density at radius 1 is 0.923 bits per heavy atom. The van der Waals surface area contributed by atoms with Crippen LogP contribution in [0.5, 0.6) is 0 Å². The van der Waals surface area contributed by atoms with Crippen molar-refractivity contribution in [2.75, 3.05) is 0 Å². The van der Waals surface area contributed by atoms with Crippen molar-refractivity contribution in [2.24, 2.45) is 5.41 Å². The molecule has 3 heteroatoms. The Labute approximate surface area is 158 Å². The second-order valence-electron chi connectivity index (χ2n) is 8.95. The van der Waals surface area contributed by atoms with Crippen LogP contribution in [-0.4, -0.2) is 20.2 Å². The zero-order valence-electron chi connectivity index (χ0n) is 16.6. The molecule has 2 aromatic carbocycles. The minimum atomic E-state index is -2.58. The third kappa shape index (κ3) is 3.08. The Morgan fingerprint density at radius 2 is 1.38 bits per heavy atom. The fraction of sp³-hybridized carbons (Fsp3) is 0.435. The van der Waals surface area contributed by atoms with Crippen molar-refractivity contribution in [1.29, 1.82) is 0 Å². The Hall–Kier alpha value is -1.71. The van der Waals surface area contributed by atoms with Gasteiger partial charge in [-0.25, -0.2) is 0 Å². The first-order valence-corrected chi connectivity index (χ1v) is 11.4. The average Bonchev–Trinajstić information content (AvgIpc) is 2.86. The molecule has 1 aliphatic carbocycles. The topological polar surface area (TPSA) is 26.3 Å². The van der Waals surface area contributed by atoms with Gasteiger partial charge in [0.1, 0.15) is 5.78 Å². The standard InChI is InChI=1S/C23H30O2Si/c1-22(2,3)26(18-12-8-6-9-13-18,19-14-10-7-11-15-19)25-21-17-16-20(24)23(21,4)5/h6-15,21H,16-17H2,1-5H3/q-1. The van der Waals surface area contributed by atoms with Gasteiger partial charge in [0.05, 0.1) is 8.32 Å². The van der Waals surface area contributed by atoms with E-state index < -0.39 is 13.7 Å². The lowest BCUT2D eigenvalue weighted by Gasteiger charge is -2.58. The van der Waals surface area contributed by atoms with Crippen molar-refractivity contribution in [1.82, 2.24) is 0 Å². The van der Waals surface area contributed by atoms with Gasteiger partial charge in [0.15, 0.2) is 0 Å². The molecule has 0 aromatic heterocycles. The highest BCUT2D eigenvalue weighted by Crippen LogP contribution is 2.43. The molecule has 0 heterocycles. The predicted molar refractivity (Wildman–Crippen MR) is 111 cm³/mol. The fourth-order valence-corrected chi connectivity index (χ4v) is 9.09. The first kappa shape index (κ1) is 19.1. The van der Waals surface area contributed by atoms with Crippen LogP contribution >= 0.6 is 0 Å². The van der Waals surface area contributed by atoms with Gasteiger partial charge in [-0.2, -0.15) is 10.4 Å². The summed E-state index contributed by atoms with van der Waals surface area (Å²) in [5.41, 5.74) is -0.424. The third-order valence-corrected chi connectivity index (χ3v) is 10.9. The van der Waals surface area contributed by atoms with Gasteiger partial charge in [0.25, 0.3) is 0 Å². The van der Waals surface area contributed by atoms with E-state index in [1.165, 1.54) is 10.4 Å². The van der Waals surface area contributed by atoms with Crippen LogP contribution in [-0.2, 0) is 9.22 Å². The van der Waals surface area contributed by atoms with E-state index in [9.17, 15) is 4.79 Å². The Bertz CT molecular complexity index is 720. The smallest absolute Gasteiger partial charge is 0.141 e. The molecule has 2 aromatic rings. The minimum absolute atomic E-state index is 0.0405. The number of hydrogen-bond acceptors (Lipinski definition) is 2. The van der Waals surface area contributed by atoms with Crippen molar-refractivity contribution >= 4 is 24.5 Å². The molecule has 1 fully saturated rings. The molecule has 0 radical (unpaired) electrons. The molecule has 1 saturated carbocycles. The van der Waals surface area contributed by atoms with Gasteiger partial charge in [-0.3, -0.25) is 4.79 Å². The molecular weight excluding hydrogens is 336 g/mol. The maximum atomic E-state index is 12.5. The molecule has 0 saturated heterocycles. The van der Waals surface area contributed by atoms with Crippen LogP contribution in [0.25, 0.3) is 0 Å². The molecule has 1 atom stereocenters. The van der Waals surface area contributed by atoms with Gasteiger partial charge in [0.2, 0.25) is 0 Å². The number of hydrogen-bond donors (Lipinski definition) is 0. The van der Waals surface area contributed by atoms with Crippen LogP contribution in [0.1, 0.15) is 47.5 Å². The second kappa shape index (κ2) is 6.79. The summed E-state index contributed by atoms with van der Waals surface area (Å²) in [6, 6.07) is 21.3. The van der Waals surface area contributed by atoms with E-state index in [1.54, 1.807) is 0 Å². The number of benzene rings is 2. The lowest BCUT2D eigenvalue weighted by molar-refractivity contribution is -0.126. The van der Waals surface area contributed by atoms with Crippen LogP contribution in [0, 0.1) is 5.41 Å². The molecule has 0 spiro atoms. The molecule has 139 valence electrons. The van der Waals surface area contributed by atoms with Crippen LogP contribution in [0.15, 0.2) is 60.7 Å². The van der Waals surface area contributed by atoms with Crippen LogP contribution in [0.3, 0.4) is 0 Å². The van der Waals surface area contributed by atoms with Gasteiger partial charge < -0.3 is 4.43 Å². The van der Waals surface area contributed by atoms with E-state index in [4.69, 9.17) is 4.43 Å². The molecule has 0 N–H and O–H groups in total. The third-order valence-electron chi connectivity index (χ3n) is 5.89. The largest absolute Gasteiger partial charge is 0.555 e. The van der Waals surface area contributed by atoms with Gasteiger partial charge >= 0.3 is 0 Å². The van der Waals surface area contributed by atoms with Crippen molar-refractivity contribution in [3.05, 3.63) is 60.7 Å². The molecule has 2 nitrogen and oxygen atoms in total. The highest BCUT2D eigenvalue weighted by Gasteiger charge is 2.46. The summed E-state index contributed by atoms with van der Waals surface area (Å²) < 4.78 is 7.14. The van der Waals surface area contributed by atoms with Crippen molar-refractivity contribution in [3.63, 3.8) is 0 Å². The van der Waals surface area contributed by atoms with Crippen LogP contribution in [0.4, 0.5) is 0 Å². The quantitative estimate of drug-likeness (QED) is 0.753. The summed E-state index contributed by atoms with van der Waals surface area (Å²) >= 11 is 0. The Balaban J connectivity index is 2.20. The average molecular weight is 367 g/mol. The zero-order chi connectivity index (χ0) is 19.0. The Kier molecular flexibility index (Phi) is 4.97. The van der Waals surface area contributed by atoms with Gasteiger partial charge in [-0.1, -0.05) is 95.3 Å². The molecule has 26 heavy (non-hydrogen) atoms. The van der Waals surface area contributed by atoms with Gasteiger partial charge in [-0.05, 0) is 6.42 Å². The number of ketones is 1. The van der Waals surface area contributed by atoms with E-state index in [-0.39, 0.29) is 11.1 Å². The maximum Gasteiger partial charge on any atom is 0.141 e. The molecular formula is C23H30O2Si-. The SMILES string of the molecule is CC1(C)C(=O)CCC1O[Si-](c1ccccc1)(c1ccccc1)C(C)(C)C. The second-order valence-corrected chi connectivity index (χ2v) is 13.2. The van der Waals surface area contributed by atoms with E-state index in [2.05, 4.69) is 81.4 Å². The van der Waals surface area contributed by atoms with Crippen LogP contribution < -0.4 is 10.4 Å². The number of carbonyl (C=O) groups excluding carboxylic acids is 1. The number of Topliss-reactive ketones (excluding diaryl/α,β-unsaturated/α-hetero) is 1. The first-order valence-electron chi connectivity index (χ1n) is 9.52. The van der Waals surface area contributed by atoms with E-state index in [0.717, 1.165) is 6.42 Å². The summed E-state index contributed by atoms with van der Waals surface area (Å²) in [5.74, 6) is 0.320. The fourth-order valence-electron chi connectivity index (χ4n) is 4.24. The summed E-state index contributed by atoms with van der Waals surface area (Å²) in [7, 11) is -2.58. The molecule has 0 aliphatic heterocycles. The van der Waals surface area contributed by atoms with E-state index in [0.29, 0.717) is 12.2 Å². The van der Waals surface area contributed by atoms with E-state index >= 15 is 0 Å². The minimum Gasteiger partial charge on any atom is -0.555 e. The lowest BCUT2D eigenvalue weighted by atomic mass is 9.88. The monoisotopic (exact) mass is 366 g/mol. The maximum absolute atomic E-state index is 12.5. The van der Waals surface area contributed by atoms with Crippen molar-refractivity contribution < 1.29 is 9.22 Å². The Morgan fingerprint density at radius 3 is 1.73 bits per heavy atom. The molecule has 0 amide bonds. The summed E-state index contributed by atoms with van der Waals surface area (Å²) in [6.45, 7) is 10.9. The van der Waals surface area contributed by atoms with Crippen molar-refractivity contribution in [2.45, 2.75) is 58.6 Å². The highest BCUT2D eigenvalue weighted by atomic mass is 28.4. The predicted octanol–water partition coefficient (Wildman–Crippen LogP) is 4.32. The van der Waals surface area contributed by atoms with Crippen LogP contribution in [0.2, 0.25) is 5.04 Å². The van der Waals surface area contributed by atoms with Crippen molar-refractivity contribution in [3.8, 4) is 0 Å². The normalized spacial score (nSPS) is 20.3. The molecule has 1 aliphatic rings. The van der Waals surface area contributed by atoms with Gasteiger partial charge in [-0.15, -0.1) is 5.04 Å². The first-order chi connectivity index (χ1) is 12.2. The molecule has 1 unspecified atom stereocenters. The highest BCUT2D eigenvalue weighted by molar-refractivity contribution is 6.99. The number of carbonyl (C=O) groups is 1. The lowest BCUT2D eigenvalue weighted by Crippen LogP contribution is -2.68.